The number of pyridine rings is 1. The Balaban J connectivity index is 0.000000618. The highest BCUT2D eigenvalue weighted by atomic mass is 32.2. The highest BCUT2D eigenvalue weighted by molar-refractivity contribution is 7.99. The molecule has 2 aromatic rings. The molecule has 3 aliphatic rings. The maximum atomic E-state index is 15.4. The van der Waals surface area contributed by atoms with E-state index in [2.05, 4.69) is 40.9 Å². The zero-order chi connectivity index (χ0) is 36.4. The summed E-state index contributed by atoms with van der Waals surface area (Å²) in [6, 6.07) is 2.46. The van der Waals surface area contributed by atoms with Crippen molar-refractivity contribution in [2.24, 2.45) is 5.41 Å². The van der Waals surface area contributed by atoms with Gasteiger partial charge >= 0.3 is 12.1 Å². The lowest BCUT2D eigenvalue weighted by atomic mass is 9.68. The molecule has 0 saturated carbocycles. The van der Waals surface area contributed by atoms with Crippen LogP contribution in [0.4, 0.5) is 17.6 Å². The van der Waals surface area contributed by atoms with Crippen LogP contribution in [0.1, 0.15) is 158 Å². The molecule has 270 valence electrons. The van der Waals surface area contributed by atoms with E-state index in [9.17, 15) is 23.1 Å². The zero-order valence-corrected chi connectivity index (χ0v) is 31.0. The molecule has 0 unspecified atom stereocenters. The second-order valence-corrected chi connectivity index (χ2v) is 16.4. The Morgan fingerprint density at radius 2 is 1.69 bits per heavy atom. The van der Waals surface area contributed by atoms with Crippen molar-refractivity contribution in [3.05, 3.63) is 63.2 Å². The van der Waals surface area contributed by atoms with Gasteiger partial charge in [-0.05, 0) is 36.3 Å². The standard InChI is InChI=1S/C29H33F4NO5.C5H12S.C3H8/c1-14(2)23-21-22(20-19(36)13-27(4,5)26(24(20)34-23)38-15(3)35)28(8-10-37-11-9-28)39-25(21)17-7-6-16(12-18(17)30)29(31,32)33;1-5(2,3)6-4;1-3-2/h6-7,12,14,19,25-26,36H,8-11,13H2,1-5H3;1-4H3;3H2,1-2H3/t19-,25+,26+;;/m0../s1. The minimum atomic E-state index is -4.69. The third-order valence-corrected chi connectivity index (χ3v) is 9.98. The number of esters is 1. The zero-order valence-electron chi connectivity index (χ0n) is 30.2. The first kappa shape index (κ1) is 40.2. The number of nitrogens with zero attached hydrogens (tertiary/aromatic N) is 1. The number of halogens is 4. The van der Waals surface area contributed by atoms with E-state index in [0.717, 1.165) is 12.1 Å². The molecule has 6 nitrogen and oxygen atoms in total. The molecule has 1 saturated heterocycles. The first-order valence-electron chi connectivity index (χ1n) is 16.7. The second-order valence-electron chi connectivity index (χ2n) is 14.8. The van der Waals surface area contributed by atoms with Gasteiger partial charge < -0.3 is 19.3 Å². The number of hydrogen-bond acceptors (Lipinski definition) is 7. The normalized spacial score (nSPS) is 22.6. The Hall–Kier alpha value is -2.21. The molecule has 0 bridgehead atoms. The summed E-state index contributed by atoms with van der Waals surface area (Å²) in [7, 11) is 0. The van der Waals surface area contributed by atoms with Crippen molar-refractivity contribution in [3.63, 3.8) is 0 Å². The number of rotatable bonds is 3. The van der Waals surface area contributed by atoms with Gasteiger partial charge in [0.2, 0.25) is 0 Å². The van der Waals surface area contributed by atoms with Gasteiger partial charge in [0.25, 0.3) is 0 Å². The summed E-state index contributed by atoms with van der Waals surface area (Å²) in [5, 5.41) is 11.5. The third-order valence-electron chi connectivity index (χ3n) is 8.76. The van der Waals surface area contributed by atoms with Crippen molar-refractivity contribution < 1.29 is 41.7 Å². The fourth-order valence-electron chi connectivity index (χ4n) is 6.39. The highest BCUT2D eigenvalue weighted by Crippen LogP contribution is 2.60. The molecule has 1 fully saturated rings. The van der Waals surface area contributed by atoms with E-state index in [1.165, 1.54) is 13.3 Å². The van der Waals surface area contributed by atoms with Crippen LogP contribution in [0.25, 0.3) is 0 Å². The average molecular weight is 700 g/mol. The number of benzene rings is 1. The van der Waals surface area contributed by atoms with Gasteiger partial charge in [-0.2, -0.15) is 24.9 Å². The van der Waals surface area contributed by atoms with Crippen molar-refractivity contribution in [3.8, 4) is 0 Å². The number of fused-ring (bicyclic) bond motifs is 4. The summed E-state index contributed by atoms with van der Waals surface area (Å²) in [6.07, 6.45) is -2.98. The fourth-order valence-corrected chi connectivity index (χ4v) is 6.39. The first-order chi connectivity index (χ1) is 22.1. The number of aliphatic hydroxyl groups is 1. The minimum Gasteiger partial charge on any atom is -0.455 e. The minimum absolute atomic E-state index is 0.0292. The molecule has 2 aliphatic heterocycles. The molecule has 1 aliphatic carbocycles. The topological polar surface area (TPSA) is 77.9 Å². The van der Waals surface area contributed by atoms with E-state index in [-0.39, 0.29) is 17.9 Å². The van der Waals surface area contributed by atoms with E-state index >= 15 is 4.39 Å². The van der Waals surface area contributed by atoms with Gasteiger partial charge in [0.15, 0.2) is 0 Å². The van der Waals surface area contributed by atoms with Crippen LogP contribution in [0, 0.1) is 11.2 Å². The average Bonchev–Trinajstić information content (AvgIpc) is 3.27. The molecule has 3 heterocycles. The van der Waals surface area contributed by atoms with Crippen LogP contribution in [0.15, 0.2) is 18.2 Å². The van der Waals surface area contributed by atoms with Gasteiger partial charge in [0, 0.05) is 65.5 Å². The number of aromatic nitrogens is 1. The monoisotopic (exact) mass is 699 g/mol. The Bertz CT molecular complexity index is 1430. The SMILES string of the molecule is CC(=O)O[C@@H]1c2nc(C(C)C)c3c(c2[C@@H](O)CC1(C)C)C1(CCOCC1)O[C@@H]3c1ccc(C(F)(F)F)cc1F.CCC.CSC(C)(C)C. The number of aliphatic hydroxyl groups excluding tert-OH is 1. The highest BCUT2D eigenvalue weighted by Gasteiger charge is 2.55. The molecule has 5 rings (SSSR count). The van der Waals surface area contributed by atoms with Crippen molar-refractivity contribution in [2.75, 3.05) is 19.5 Å². The van der Waals surface area contributed by atoms with Gasteiger partial charge in [-0.15, -0.1) is 0 Å². The van der Waals surface area contributed by atoms with Crippen LogP contribution >= 0.6 is 11.8 Å². The number of thioether (sulfide) groups is 1. The molecule has 0 radical (unpaired) electrons. The van der Waals surface area contributed by atoms with Crippen molar-refractivity contribution in [1.82, 2.24) is 4.98 Å². The Labute approximate surface area is 287 Å². The molecule has 48 heavy (non-hydrogen) atoms. The van der Waals surface area contributed by atoms with Gasteiger partial charge in [-0.25, -0.2) is 4.39 Å². The van der Waals surface area contributed by atoms with Crippen molar-refractivity contribution in [2.45, 2.75) is 136 Å². The molecule has 1 aromatic heterocycles. The van der Waals surface area contributed by atoms with Crippen LogP contribution < -0.4 is 0 Å². The lowest BCUT2D eigenvalue weighted by Crippen LogP contribution is -2.39. The van der Waals surface area contributed by atoms with Crippen LogP contribution in [0.2, 0.25) is 0 Å². The molecule has 1 aromatic carbocycles. The predicted molar refractivity (Wildman–Crippen MR) is 181 cm³/mol. The summed E-state index contributed by atoms with van der Waals surface area (Å²) in [5.41, 5.74) is 0.0149. The molecular weight excluding hydrogens is 646 g/mol. The first-order valence-corrected chi connectivity index (χ1v) is 18.0. The van der Waals surface area contributed by atoms with Crippen LogP contribution in [0.3, 0.4) is 0 Å². The van der Waals surface area contributed by atoms with Gasteiger partial charge in [-0.1, -0.05) is 74.8 Å². The van der Waals surface area contributed by atoms with Gasteiger partial charge in [0.05, 0.1) is 23.0 Å². The third kappa shape index (κ3) is 8.74. The fraction of sp³-hybridized carbons (Fsp3) is 0.676. The maximum absolute atomic E-state index is 15.4. The van der Waals surface area contributed by atoms with Crippen LogP contribution in [0.5, 0.6) is 0 Å². The summed E-state index contributed by atoms with van der Waals surface area (Å²) in [4.78, 5) is 17.1. The van der Waals surface area contributed by atoms with E-state index in [0.29, 0.717) is 64.9 Å². The molecule has 3 atom stereocenters. The smallest absolute Gasteiger partial charge is 0.416 e. The van der Waals surface area contributed by atoms with E-state index in [1.807, 2.05) is 39.5 Å². The molecule has 11 heteroatoms. The molecule has 0 amide bonds. The van der Waals surface area contributed by atoms with Crippen LogP contribution in [-0.4, -0.2) is 40.3 Å². The van der Waals surface area contributed by atoms with E-state index < -0.39 is 52.9 Å². The van der Waals surface area contributed by atoms with Gasteiger partial charge in [0.1, 0.15) is 18.0 Å². The molecule has 1 N–H and O–H groups in total. The second kappa shape index (κ2) is 15.4. The summed E-state index contributed by atoms with van der Waals surface area (Å²) < 4.78 is 73.9. The lowest BCUT2D eigenvalue weighted by molar-refractivity contribution is -0.157. The number of carbonyl (C=O) groups is 1. The number of hydrogen-bond donors (Lipinski definition) is 1. The number of alkyl halides is 3. The lowest BCUT2D eigenvalue weighted by Gasteiger charge is -2.43. The van der Waals surface area contributed by atoms with E-state index in [4.69, 9.17) is 19.2 Å². The largest absolute Gasteiger partial charge is 0.455 e. The molecular formula is C37H53F4NO5S. The summed E-state index contributed by atoms with van der Waals surface area (Å²) >= 11 is 1.88. The van der Waals surface area contributed by atoms with Crippen molar-refractivity contribution >= 4 is 17.7 Å². The van der Waals surface area contributed by atoms with Gasteiger partial charge in [-0.3, -0.25) is 9.78 Å². The van der Waals surface area contributed by atoms with Crippen molar-refractivity contribution in [1.29, 1.82) is 0 Å². The quantitative estimate of drug-likeness (QED) is 0.252. The Morgan fingerprint density at radius 3 is 2.15 bits per heavy atom. The predicted octanol–water partition coefficient (Wildman–Crippen LogP) is 10.1. The number of ether oxygens (including phenoxy) is 3. The maximum Gasteiger partial charge on any atom is 0.416 e. The Morgan fingerprint density at radius 1 is 1.12 bits per heavy atom. The Kier molecular flexibility index (Phi) is 12.9. The van der Waals surface area contributed by atoms with E-state index in [1.54, 1.807) is 0 Å². The molecule has 1 spiro atoms. The summed E-state index contributed by atoms with van der Waals surface area (Å²) in [5.74, 6) is -1.70. The van der Waals surface area contributed by atoms with Crippen LogP contribution in [-0.2, 0) is 30.8 Å². The number of carbonyl (C=O) groups excluding carboxylic acids is 1. The summed E-state index contributed by atoms with van der Waals surface area (Å²) in [6.45, 7) is 20.5.